The molecule has 1 aliphatic heterocycles. The Morgan fingerprint density at radius 3 is 2.48 bits per heavy atom. The molecule has 1 aromatic heterocycles. The van der Waals surface area contributed by atoms with Crippen molar-refractivity contribution in [2.75, 3.05) is 37.6 Å². The first-order chi connectivity index (χ1) is 10.3. The Kier molecular flexibility index (Phi) is 4.43. The fourth-order valence-corrected chi connectivity index (χ4v) is 3.13. The summed E-state index contributed by atoms with van der Waals surface area (Å²) in [5.74, 6) is 0. The van der Waals surface area contributed by atoms with Gasteiger partial charge in [0.2, 0.25) is 0 Å². The molecule has 2 heterocycles. The maximum absolute atomic E-state index is 6.12. The zero-order chi connectivity index (χ0) is 14.7. The zero-order valence-corrected chi connectivity index (χ0v) is 12.6. The lowest BCUT2D eigenvalue weighted by Gasteiger charge is -2.39. The van der Waals surface area contributed by atoms with E-state index < -0.39 is 0 Å². The van der Waals surface area contributed by atoms with Gasteiger partial charge in [0.1, 0.15) is 0 Å². The third kappa shape index (κ3) is 3.05. The molecular weight excluding hydrogens is 286 g/mol. The molecule has 0 amide bonds. The van der Waals surface area contributed by atoms with Crippen LogP contribution in [0.2, 0.25) is 5.15 Å². The average molecular weight is 306 g/mol. The van der Waals surface area contributed by atoms with Crippen molar-refractivity contribution in [1.29, 1.82) is 0 Å². The normalized spacial score (nSPS) is 17.9. The second-order valence-electron chi connectivity index (χ2n) is 5.22. The molecule has 2 aromatic rings. The van der Waals surface area contributed by atoms with Crippen molar-refractivity contribution in [3.05, 3.63) is 47.5 Å². The summed E-state index contributed by atoms with van der Waals surface area (Å²) in [6.07, 6.45) is 1.63. The van der Waals surface area contributed by atoms with E-state index in [4.69, 9.17) is 17.3 Å². The van der Waals surface area contributed by atoms with Gasteiger partial charge in [0.15, 0.2) is 5.15 Å². The Labute approximate surface area is 129 Å². The van der Waals surface area contributed by atoms with Crippen LogP contribution in [-0.2, 0) is 0 Å². The van der Waals surface area contributed by atoms with E-state index in [1.54, 1.807) is 6.33 Å². The highest BCUT2D eigenvalue weighted by Crippen LogP contribution is 2.26. The van der Waals surface area contributed by atoms with E-state index in [2.05, 4.69) is 44.0 Å². The van der Waals surface area contributed by atoms with Gasteiger partial charge in [-0.05, 0) is 12.1 Å². The number of para-hydroxylation sites is 1. The fourth-order valence-electron chi connectivity index (χ4n) is 2.90. The Morgan fingerprint density at radius 1 is 1.19 bits per heavy atom. The van der Waals surface area contributed by atoms with Gasteiger partial charge < -0.3 is 15.6 Å². The highest BCUT2D eigenvalue weighted by molar-refractivity contribution is 6.30. The molecule has 21 heavy (non-hydrogen) atoms. The molecule has 1 fully saturated rings. The first-order valence-corrected chi connectivity index (χ1v) is 7.60. The van der Waals surface area contributed by atoms with Gasteiger partial charge in [-0.1, -0.05) is 29.8 Å². The number of rotatable bonds is 4. The maximum Gasteiger partial charge on any atom is 0.151 e. The summed E-state index contributed by atoms with van der Waals surface area (Å²) < 4.78 is 0. The van der Waals surface area contributed by atoms with Gasteiger partial charge in [0.25, 0.3) is 0 Å². The van der Waals surface area contributed by atoms with Crippen LogP contribution in [0.5, 0.6) is 0 Å². The van der Waals surface area contributed by atoms with Crippen molar-refractivity contribution in [2.45, 2.75) is 6.04 Å². The van der Waals surface area contributed by atoms with Crippen molar-refractivity contribution < 1.29 is 0 Å². The first-order valence-electron chi connectivity index (χ1n) is 7.22. The number of piperazine rings is 1. The molecule has 3 N–H and O–H groups in total. The molecule has 112 valence electrons. The van der Waals surface area contributed by atoms with Crippen LogP contribution in [-0.4, -0.2) is 47.6 Å². The summed E-state index contributed by atoms with van der Waals surface area (Å²) in [5.41, 5.74) is 8.15. The predicted molar refractivity (Wildman–Crippen MR) is 85.6 cm³/mol. The van der Waals surface area contributed by atoms with Crippen molar-refractivity contribution in [1.82, 2.24) is 14.9 Å². The Hall–Kier alpha value is -1.56. The van der Waals surface area contributed by atoms with Crippen LogP contribution in [0.1, 0.15) is 11.7 Å². The molecular formula is C15H20ClN5. The molecule has 1 aliphatic rings. The van der Waals surface area contributed by atoms with E-state index in [0.29, 0.717) is 11.7 Å². The number of benzene rings is 1. The minimum absolute atomic E-state index is 0.109. The van der Waals surface area contributed by atoms with Crippen LogP contribution >= 0.6 is 11.6 Å². The molecule has 1 atom stereocenters. The molecule has 6 heteroatoms. The maximum atomic E-state index is 6.12. The molecule has 1 saturated heterocycles. The Bertz CT molecular complexity index is 562. The summed E-state index contributed by atoms with van der Waals surface area (Å²) in [6, 6.07) is 10.6. The highest BCUT2D eigenvalue weighted by Gasteiger charge is 2.26. The zero-order valence-electron chi connectivity index (χ0n) is 11.9. The van der Waals surface area contributed by atoms with Gasteiger partial charge in [-0.3, -0.25) is 4.90 Å². The number of aromatic nitrogens is 2. The summed E-state index contributed by atoms with van der Waals surface area (Å²) in [7, 11) is 0. The van der Waals surface area contributed by atoms with Gasteiger partial charge in [-0.2, -0.15) is 0 Å². The standard InChI is InChI=1S/C15H20ClN5/c16-15-14(18-11-19-15)13(10-17)21-8-6-20(7-9-21)12-4-2-1-3-5-12/h1-5,11,13H,6-10,17H2,(H,18,19). The molecule has 0 spiro atoms. The van der Waals surface area contributed by atoms with E-state index in [1.165, 1.54) is 5.69 Å². The third-order valence-electron chi connectivity index (χ3n) is 4.05. The topological polar surface area (TPSA) is 61.2 Å². The SMILES string of the molecule is NCC(c1[nH]cnc1Cl)N1CCN(c2ccccc2)CC1. The van der Waals surface area contributed by atoms with Gasteiger partial charge in [0, 0.05) is 38.4 Å². The largest absolute Gasteiger partial charge is 0.369 e. The van der Waals surface area contributed by atoms with Gasteiger partial charge in [-0.15, -0.1) is 0 Å². The monoisotopic (exact) mass is 305 g/mol. The average Bonchev–Trinajstić information content (AvgIpc) is 2.96. The number of anilines is 1. The summed E-state index contributed by atoms with van der Waals surface area (Å²) >= 11 is 6.12. The van der Waals surface area contributed by atoms with Crippen LogP contribution in [0.25, 0.3) is 0 Å². The lowest BCUT2D eigenvalue weighted by molar-refractivity contribution is 0.187. The van der Waals surface area contributed by atoms with Gasteiger partial charge in [-0.25, -0.2) is 4.98 Å². The predicted octanol–water partition coefficient (Wildman–Crippen LogP) is 1.89. The van der Waals surface area contributed by atoms with E-state index in [0.717, 1.165) is 31.9 Å². The van der Waals surface area contributed by atoms with E-state index in [1.807, 2.05) is 6.07 Å². The number of nitrogens with one attached hydrogen (secondary N) is 1. The minimum atomic E-state index is 0.109. The number of aromatic amines is 1. The second kappa shape index (κ2) is 6.47. The minimum Gasteiger partial charge on any atom is -0.369 e. The van der Waals surface area contributed by atoms with Crippen molar-refractivity contribution in [2.24, 2.45) is 5.73 Å². The number of imidazole rings is 1. The molecule has 1 unspecified atom stereocenters. The smallest absolute Gasteiger partial charge is 0.151 e. The third-order valence-corrected chi connectivity index (χ3v) is 4.35. The molecule has 3 rings (SSSR count). The molecule has 0 saturated carbocycles. The lowest BCUT2D eigenvalue weighted by Crippen LogP contribution is -2.49. The summed E-state index contributed by atoms with van der Waals surface area (Å²) in [5, 5.41) is 0.524. The lowest BCUT2D eigenvalue weighted by atomic mass is 10.1. The first kappa shape index (κ1) is 14.4. The number of nitrogens with zero attached hydrogens (tertiary/aromatic N) is 3. The highest BCUT2D eigenvalue weighted by atomic mass is 35.5. The van der Waals surface area contributed by atoms with Crippen molar-refractivity contribution >= 4 is 17.3 Å². The molecule has 5 nitrogen and oxygen atoms in total. The van der Waals surface area contributed by atoms with Crippen LogP contribution in [0.3, 0.4) is 0 Å². The molecule has 0 radical (unpaired) electrons. The molecule has 0 aliphatic carbocycles. The Balaban J connectivity index is 1.66. The molecule has 1 aromatic carbocycles. The summed E-state index contributed by atoms with van der Waals surface area (Å²) in [4.78, 5) is 12.0. The van der Waals surface area contributed by atoms with Gasteiger partial charge >= 0.3 is 0 Å². The van der Waals surface area contributed by atoms with E-state index in [9.17, 15) is 0 Å². The van der Waals surface area contributed by atoms with Crippen LogP contribution in [0.15, 0.2) is 36.7 Å². The quantitative estimate of drug-likeness (QED) is 0.905. The molecule has 0 bridgehead atoms. The van der Waals surface area contributed by atoms with Crippen molar-refractivity contribution in [3.8, 4) is 0 Å². The van der Waals surface area contributed by atoms with E-state index >= 15 is 0 Å². The van der Waals surface area contributed by atoms with Crippen LogP contribution < -0.4 is 10.6 Å². The van der Waals surface area contributed by atoms with E-state index in [-0.39, 0.29) is 6.04 Å². The van der Waals surface area contributed by atoms with Crippen LogP contribution in [0.4, 0.5) is 5.69 Å². The Morgan fingerprint density at radius 2 is 1.90 bits per heavy atom. The number of nitrogens with two attached hydrogens (primary N) is 1. The number of hydrogen-bond donors (Lipinski definition) is 2. The fraction of sp³-hybridized carbons (Fsp3) is 0.400. The number of hydrogen-bond acceptors (Lipinski definition) is 4. The van der Waals surface area contributed by atoms with Gasteiger partial charge in [0.05, 0.1) is 18.1 Å². The summed E-state index contributed by atoms with van der Waals surface area (Å²) in [6.45, 7) is 4.45. The van der Waals surface area contributed by atoms with Crippen molar-refractivity contribution in [3.63, 3.8) is 0 Å². The number of H-pyrrole nitrogens is 1. The second-order valence-corrected chi connectivity index (χ2v) is 5.58. The number of halogens is 1. The van der Waals surface area contributed by atoms with Crippen LogP contribution in [0, 0.1) is 0 Å².